The van der Waals surface area contributed by atoms with Crippen LogP contribution in [-0.4, -0.2) is 80.7 Å². The number of halogens is 1. The molecule has 6 nitrogen and oxygen atoms in total. The smallest absolute Gasteiger partial charge is 0.191 e. The van der Waals surface area contributed by atoms with Crippen LogP contribution in [0.5, 0.6) is 0 Å². The number of nitrogens with one attached hydrogen (secondary N) is 2. The van der Waals surface area contributed by atoms with Gasteiger partial charge in [0.15, 0.2) is 5.96 Å². The van der Waals surface area contributed by atoms with Crippen molar-refractivity contribution in [1.82, 2.24) is 25.4 Å². The lowest BCUT2D eigenvalue weighted by molar-refractivity contribution is 0.280. The van der Waals surface area contributed by atoms with Crippen LogP contribution in [0.3, 0.4) is 0 Å². The highest BCUT2D eigenvalue weighted by Gasteiger charge is 2.11. The van der Waals surface area contributed by atoms with Gasteiger partial charge in [-0.25, -0.2) is 4.98 Å². The molecular weight excluding hydrogens is 447 g/mol. The van der Waals surface area contributed by atoms with Crippen molar-refractivity contribution in [2.75, 3.05) is 59.9 Å². The van der Waals surface area contributed by atoms with Gasteiger partial charge >= 0.3 is 0 Å². The molecule has 2 rings (SSSR count). The topological polar surface area (TPSA) is 55.8 Å². The zero-order valence-corrected chi connectivity index (χ0v) is 18.9. The van der Waals surface area contributed by atoms with Crippen LogP contribution in [0, 0.1) is 0 Å². The van der Waals surface area contributed by atoms with Gasteiger partial charge in [-0.1, -0.05) is 6.92 Å². The first kappa shape index (κ1) is 22.6. The van der Waals surface area contributed by atoms with Gasteiger partial charge in [0.05, 0.1) is 5.01 Å². The standard InChI is InChI=1S/C17H32N6S.HI/c1-4-15-14-21-16(24-15)6-7-19-17(18-2)20-8-11-23-10-5-9-22(3)12-13-23;/h14H,4-13H2,1-3H3,(H2,18,19,20);1H. The van der Waals surface area contributed by atoms with Crippen LogP contribution in [0.25, 0.3) is 0 Å². The number of thiazole rings is 1. The third-order valence-electron chi connectivity index (χ3n) is 4.34. The lowest BCUT2D eigenvalue weighted by Crippen LogP contribution is -2.42. The molecule has 0 amide bonds. The molecule has 0 atom stereocenters. The van der Waals surface area contributed by atoms with Gasteiger partial charge < -0.3 is 20.4 Å². The molecule has 1 saturated heterocycles. The summed E-state index contributed by atoms with van der Waals surface area (Å²) in [4.78, 5) is 15.1. The minimum Gasteiger partial charge on any atom is -0.356 e. The second kappa shape index (κ2) is 12.8. The Morgan fingerprint density at radius 2 is 2.04 bits per heavy atom. The molecular formula is C17H33IN6S. The summed E-state index contributed by atoms with van der Waals surface area (Å²) in [5.74, 6) is 0.884. The van der Waals surface area contributed by atoms with Crippen LogP contribution in [0.4, 0.5) is 0 Å². The summed E-state index contributed by atoms with van der Waals surface area (Å²) >= 11 is 1.81. The maximum atomic E-state index is 4.46. The van der Waals surface area contributed by atoms with E-state index in [-0.39, 0.29) is 24.0 Å². The van der Waals surface area contributed by atoms with E-state index >= 15 is 0 Å². The van der Waals surface area contributed by atoms with Gasteiger partial charge in [0.2, 0.25) is 0 Å². The molecule has 0 aromatic carbocycles. The van der Waals surface area contributed by atoms with Crippen molar-refractivity contribution < 1.29 is 0 Å². The van der Waals surface area contributed by atoms with E-state index in [1.807, 2.05) is 24.6 Å². The minimum atomic E-state index is 0. The van der Waals surface area contributed by atoms with Crippen molar-refractivity contribution in [3.05, 3.63) is 16.1 Å². The van der Waals surface area contributed by atoms with Crippen molar-refractivity contribution >= 4 is 41.3 Å². The SMILES string of the molecule is CCc1cnc(CCNC(=NC)NCCN2CCCN(C)CC2)s1.I. The van der Waals surface area contributed by atoms with Crippen molar-refractivity contribution in [3.8, 4) is 0 Å². The van der Waals surface area contributed by atoms with Gasteiger partial charge in [0.25, 0.3) is 0 Å². The van der Waals surface area contributed by atoms with E-state index in [0.717, 1.165) is 45.0 Å². The summed E-state index contributed by atoms with van der Waals surface area (Å²) in [5.41, 5.74) is 0. The summed E-state index contributed by atoms with van der Waals surface area (Å²) in [7, 11) is 4.04. The molecule has 1 aliphatic rings. The van der Waals surface area contributed by atoms with Crippen LogP contribution in [-0.2, 0) is 12.8 Å². The summed E-state index contributed by atoms with van der Waals surface area (Å²) in [5, 5.41) is 8.00. The predicted molar refractivity (Wildman–Crippen MR) is 119 cm³/mol. The van der Waals surface area contributed by atoms with Gasteiger partial charge in [-0.2, -0.15) is 0 Å². The van der Waals surface area contributed by atoms with Crippen LogP contribution in [0.1, 0.15) is 23.2 Å². The number of aryl methyl sites for hydroxylation is 1. The molecule has 0 bridgehead atoms. The number of aliphatic imine (C=N–C) groups is 1. The molecule has 2 heterocycles. The molecule has 2 N–H and O–H groups in total. The summed E-state index contributed by atoms with van der Waals surface area (Å²) < 4.78 is 0. The second-order valence-electron chi connectivity index (χ2n) is 6.25. The van der Waals surface area contributed by atoms with Gasteiger partial charge in [-0.15, -0.1) is 35.3 Å². The molecule has 25 heavy (non-hydrogen) atoms. The fourth-order valence-electron chi connectivity index (χ4n) is 2.79. The van der Waals surface area contributed by atoms with E-state index in [9.17, 15) is 0 Å². The normalized spacial score (nSPS) is 17.0. The Bertz CT molecular complexity index is 507. The summed E-state index contributed by atoms with van der Waals surface area (Å²) in [6.45, 7) is 9.77. The molecule has 0 spiro atoms. The van der Waals surface area contributed by atoms with Crippen LogP contribution in [0.15, 0.2) is 11.2 Å². The van der Waals surface area contributed by atoms with Gasteiger partial charge in [0, 0.05) is 57.3 Å². The highest BCUT2D eigenvalue weighted by Crippen LogP contribution is 2.13. The minimum absolute atomic E-state index is 0. The zero-order valence-electron chi connectivity index (χ0n) is 15.8. The average Bonchev–Trinajstić information content (AvgIpc) is 2.95. The average molecular weight is 480 g/mol. The second-order valence-corrected chi connectivity index (χ2v) is 7.45. The fraction of sp³-hybridized carbons (Fsp3) is 0.765. The Balaban J connectivity index is 0.00000312. The van der Waals surface area contributed by atoms with E-state index in [0.29, 0.717) is 0 Å². The summed E-state index contributed by atoms with van der Waals surface area (Å²) in [6, 6.07) is 0. The third-order valence-corrected chi connectivity index (χ3v) is 5.54. The first-order valence-electron chi connectivity index (χ1n) is 9.00. The van der Waals surface area contributed by atoms with Crippen LogP contribution >= 0.6 is 35.3 Å². The van der Waals surface area contributed by atoms with Crippen molar-refractivity contribution in [3.63, 3.8) is 0 Å². The molecule has 0 radical (unpaired) electrons. The first-order valence-corrected chi connectivity index (χ1v) is 9.82. The zero-order chi connectivity index (χ0) is 17.2. The lowest BCUT2D eigenvalue weighted by atomic mass is 10.4. The van der Waals surface area contributed by atoms with Gasteiger partial charge in [0.1, 0.15) is 0 Å². The number of hydrogen-bond acceptors (Lipinski definition) is 5. The molecule has 1 fully saturated rings. The lowest BCUT2D eigenvalue weighted by Gasteiger charge is -2.21. The highest BCUT2D eigenvalue weighted by molar-refractivity contribution is 14.0. The highest BCUT2D eigenvalue weighted by atomic mass is 127. The number of guanidine groups is 1. The molecule has 0 unspecified atom stereocenters. The van der Waals surface area contributed by atoms with E-state index < -0.39 is 0 Å². The quantitative estimate of drug-likeness (QED) is 0.353. The fourth-order valence-corrected chi connectivity index (χ4v) is 3.65. The molecule has 0 saturated carbocycles. The van der Waals surface area contributed by atoms with Crippen molar-refractivity contribution in [1.29, 1.82) is 0 Å². The van der Waals surface area contributed by atoms with E-state index in [2.05, 4.69) is 44.4 Å². The molecule has 0 aliphatic carbocycles. The number of hydrogen-bond donors (Lipinski definition) is 2. The number of nitrogens with zero attached hydrogens (tertiary/aromatic N) is 4. The van der Waals surface area contributed by atoms with Crippen LogP contribution in [0.2, 0.25) is 0 Å². The Hall–Kier alpha value is -0.450. The molecule has 1 aliphatic heterocycles. The molecule has 1 aromatic rings. The molecule has 1 aromatic heterocycles. The van der Waals surface area contributed by atoms with E-state index in [1.165, 1.54) is 35.9 Å². The molecule has 144 valence electrons. The largest absolute Gasteiger partial charge is 0.356 e. The number of rotatable bonds is 7. The maximum Gasteiger partial charge on any atom is 0.191 e. The Morgan fingerprint density at radius 3 is 2.76 bits per heavy atom. The third kappa shape index (κ3) is 8.65. The van der Waals surface area contributed by atoms with Gasteiger partial charge in [-0.05, 0) is 33.0 Å². The molecule has 8 heteroatoms. The number of likely N-dealkylation sites (N-methyl/N-ethyl adjacent to an activating group) is 1. The predicted octanol–water partition coefficient (Wildman–Crippen LogP) is 1.67. The van der Waals surface area contributed by atoms with Gasteiger partial charge in [-0.3, -0.25) is 4.99 Å². The summed E-state index contributed by atoms with van der Waals surface area (Å²) in [6.07, 6.45) is 5.27. The maximum absolute atomic E-state index is 4.46. The monoisotopic (exact) mass is 480 g/mol. The first-order chi connectivity index (χ1) is 11.7. The Labute approximate surface area is 173 Å². The van der Waals surface area contributed by atoms with E-state index in [4.69, 9.17) is 0 Å². The Kier molecular flexibility index (Phi) is 11.6. The number of aromatic nitrogens is 1. The van der Waals surface area contributed by atoms with Crippen molar-refractivity contribution in [2.24, 2.45) is 4.99 Å². The van der Waals surface area contributed by atoms with Crippen LogP contribution < -0.4 is 10.6 Å². The van der Waals surface area contributed by atoms with Crippen molar-refractivity contribution in [2.45, 2.75) is 26.2 Å². The van der Waals surface area contributed by atoms with E-state index in [1.54, 1.807) is 0 Å². The Morgan fingerprint density at radius 1 is 1.24 bits per heavy atom.